The van der Waals surface area contributed by atoms with Crippen LogP contribution in [0.3, 0.4) is 0 Å². The quantitative estimate of drug-likeness (QED) is 0.861. The third kappa shape index (κ3) is 4.17. The second kappa shape index (κ2) is 7.38. The summed E-state index contributed by atoms with van der Waals surface area (Å²) in [6, 6.07) is 3.92. The fraction of sp³-hybridized carbons (Fsp3) is 0.667. The first-order valence-corrected chi connectivity index (χ1v) is 8.12. The van der Waals surface area contributed by atoms with E-state index in [2.05, 4.69) is 28.2 Å². The van der Waals surface area contributed by atoms with Gasteiger partial charge < -0.3 is 15.0 Å². The lowest BCUT2D eigenvalue weighted by Crippen LogP contribution is -2.46. The summed E-state index contributed by atoms with van der Waals surface area (Å²) in [7, 11) is 0. The summed E-state index contributed by atoms with van der Waals surface area (Å²) in [4.78, 5) is 11.8. The molecular formula is C15H23BrN2O2. The number of aliphatic hydroxyl groups excluding tert-OH is 1. The van der Waals surface area contributed by atoms with E-state index in [9.17, 15) is 9.90 Å². The molecule has 1 aliphatic rings. The van der Waals surface area contributed by atoms with Gasteiger partial charge in [0, 0.05) is 42.0 Å². The Labute approximate surface area is 128 Å². The fourth-order valence-electron chi connectivity index (χ4n) is 3.00. The molecule has 0 aliphatic heterocycles. The third-order valence-corrected chi connectivity index (χ3v) is 4.53. The van der Waals surface area contributed by atoms with Crippen LogP contribution in [0, 0.1) is 5.92 Å². The Balaban J connectivity index is 1.96. The van der Waals surface area contributed by atoms with Gasteiger partial charge in [-0.15, -0.1) is 0 Å². The van der Waals surface area contributed by atoms with Crippen LogP contribution in [0.1, 0.15) is 32.6 Å². The summed E-state index contributed by atoms with van der Waals surface area (Å²) >= 11 is 3.39. The summed E-state index contributed by atoms with van der Waals surface area (Å²) in [6.45, 7) is 2.99. The molecule has 112 valence electrons. The van der Waals surface area contributed by atoms with Gasteiger partial charge in [0.2, 0.25) is 0 Å². The van der Waals surface area contributed by atoms with Crippen LogP contribution >= 0.6 is 15.9 Å². The molecule has 1 fully saturated rings. The predicted molar refractivity (Wildman–Crippen MR) is 83.8 cm³/mol. The Bertz CT molecular complexity index is 489. The second-order valence-electron chi connectivity index (χ2n) is 5.74. The number of nitrogens with one attached hydrogen (secondary N) is 1. The van der Waals surface area contributed by atoms with Crippen molar-refractivity contribution in [2.75, 3.05) is 6.61 Å². The summed E-state index contributed by atoms with van der Waals surface area (Å²) in [6.07, 6.45) is 6.46. The van der Waals surface area contributed by atoms with Gasteiger partial charge in [-0.25, -0.2) is 0 Å². The minimum atomic E-state index is 0.0178. The van der Waals surface area contributed by atoms with Crippen LogP contribution in [0.2, 0.25) is 0 Å². The highest BCUT2D eigenvalue weighted by Gasteiger charge is 2.25. The summed E-state index contributed by atoms with van der Waals surface area (Å²) in [5, 5.41) is 13.0. The highest BCUT2D eigenvalue weighted by Crippen LogP contribution is 2.24. The smallest absolute Gasteiger partial charge is 0.250 e. The van der Waals surface area contributed by atoms with Gasteiger partial charge in [0.05, 0.1) is 0 Å². The van der Waals surface area contributed by atoms with Crippen LogP contribution in [0.15, 0.2) is 27.6 Å². The standard InChI is InChI=1S/C15H23BrN2O2/c1-11(8-18-9-13(16)6-7-15(18)20)17-14-5-3-2-4-12(14)10-19/h6-7,9,11-12,14,17,19H,2-5,8,10H2,1H3/t11?,12-,14+/m0/s1. The average Bonchev–Trinajstić information content (AvgIpc) is 2.43. The topological polar surface area (TPSA) is 54.3 Å². The Morgan fingerprint density at radius 3 is 2.95 bits per heavy atom. The van der Waals surface area contributed by atoms with E-state index < -0.39 is 0 Å². The molecule has 0 saturated heterocycles. The Morgan fingerprint density at radius 2 is 2.20 bits per heavy atom. The Morgan fingerprint density at radius 1 is 1.45 bits per heavy atom. The van der Waals surface area contributed by atoms with Gasteiger partial charge in [-0.1, -0.05) is 12.8 Å². The van der Waals surface area contributed by atoms with Gasteiger partial charge >= 0.3 is 0 Å². The zero-order chi connectivity index (χ0) is 14.5. The lowest BCUT2D eigenvalue weighted by molar-refractivity contribution is 0.145. The van der Waals surface area contributed by atoms with Crippen LogP contribution in [-0.2, 0) is 6.54 Å². The first kappa shape index (κ1) is 15.7. The van der Waals surface area contributed by atoms with Crippen molar-refractivity contribution in [1.29, 1.82) is 0 Å². The third-order valence-electron chi connectivity index (χ3n) is 4.06. The molecule has 4 nitrogen and oxygen atoms in total. The predicted octanol–water partition coefficient (Wildman–Crippen LogP) is 2.14. The minimum Gasteiger partial charge on any atom is -0.396 e. The lowest BCUT2D eigenvalue weighted by atomic mass is 9.84. The number of nitrogens with zero attached hydrogens (tertiary/aromatic N) is 1. The molecular weight excluding hydrogens is 320 g/mol. The van der Waals surface area contributed by atoms with Crippen LogP contribution in [0.4, 0.5) is 0 Å². The van der Waals surface area contributed by atoms with E-state index in [1.165, 1.54) is 12.8 Å². The van der Waals surface area contributed by atoms with Crippen molar-refractivity contribution in [2.45, 2.75) is 51.2 Å². The molecule has 3 atom stereocenters. The normalized spacial score (nSPS) is 24.6. The molecule has 2 N–H and O–H groups in total. The maximum atomic E-state index is 11.8. The van der Waals surface area contributed by atoms with Crippen molar-refractivity contribution in [2.24, 2.45) is 5.92 Å². The number of aliphatic hydroxyl groups is 1. The summed E-state index contributed by atoms with van der Waals surface area (Å²) < 4.78 is 2.63. The monoisotopic (exact) mass is 342 g/mol. The molecule has 0 bridgehead atoms. The minimum absolute atomic E-state index is 0.0178. The van der Waals surface area contributed by atoms with Crippen molar-refractivity contribution in [3.8, 4) is 0 Å². The molecule has 20 heavy (non-hydrogen) atoms. The van der Waals surface area contributed by atoms with Gasteiger partial charge in [0.15, 0.2) is 0 Å². The second-order valence-corrected chi connectivity index (χ2v) is 6.65. The number of hydrogen-bond acceptors (Lipinski definition) is 3. The van der Waals surface area contributed by atoms with Crippen molar-refractivity contribution in [1.82, 2.24) is 9.88 Å². The van der Waals surface area contributed by atoms with E-state index in [-0.39, 0.29) is 18.2 Å². The molecule has 0 radical (unpaired) electrons. The zero-order valence-electron chi connectivity index (χ0n) is 11.9. The highest BCUT2D eigenvalue weighted by molar-refractivity contribution is 9.10. The number of aromatic nitrogens is 1. The maximum Gasteiger partial charge on any atom is 0.250 e. The van der Waals surface area contributed by atoms with Crippen LogP contribution in [0.25, 0.3) is 0 Å². The molecule has 0 aromatic carbocycles. The van der Waals surface area contributed by atoms with E-state index in [0.717, 1.165) is 17.3 Å². The van der Waals surface area contributed by atoms with Gasteiger partial charge in [0.1, 0.15) is 0 Å². The molecule has 1 aliphatic carbocycles. The molecule has 1 unspecified atom stereocenters. The molecule has 0 amide bonds. The Kier molecular flexibility index (Phi) is 5.81. The average molecular weight is 343 g/mol. The van der Waals surface area contributed by atoms with E-state index in [4.69, 9.17) is 0 Å². The first-order valence-electron chi connectivity index (χ1n) is 7.33. The molecule has 1 heterocycles. The molecule has 2 rings (SSSR count). The molecule has 5 heteroatoms. The van der Waals surface area contributed by atoms with Crippen molar-refractivity contribution in [3.63, 3.8) is 0 Å². The van der Waals surface area contributed by atoms with Gasteiger partial charge in [-0.3, -0.25) is 4.79 Å². The number of rotatable bonds is 5. The first-order chi connectivity index (χ1) is 9.60. The van der Waals surface area contributed by atoms with Crippen molar-refractivity contribution in [3.05, 3.63) is 33.2 Å². The lowest BCUT2D eigenvalue weighted by Gasteiger charge is -2.33. The molecule has 1 aromatic heterocycles. The number of hydrogen-bond donors (Lipinski definition) is 2. The van der Waals surface area contributed by atoms with Crippen molar-refractivity contribution < 1.29 is 5.11 Å². The molecule has 1 saturated carbocycles. The zero-order valence-corrected chi connectivity index (χ0v) is 13.5. The summed E-state index contributed by atoms with van der Waals surface area (Å²) in [5.41, 5.74) is 0.0178. The van der Waals surface area contributed by atoms with E-state index in [1.807, 2.05) is 6.20 Å². The van der Waals surface area contributed by atoms with Gasteiger partial charge in [-0.2, -0.15) is 0 Å². The van der Waals surface area contributed by atoms with Crippen LogP contribution in [-0.4, -0.2) is 28.4 Å². The molecule has 1 aromatic rings. The maximum absolute atomic E-state index is 11.8. The van der Waals surface area contributed by atoms with Gasteiger partial charge in [-0.05, 0) is 47.7 Å². The summed E-state index contributed by atoms with van der Waals surface area (Å²) in [5.74, 6) is 0.352. The fourth-order valence-corrected chi connectivity index (χ4v) is 3.38. The van der Waals surface area contributed by atoms with Gasteiger partial charge in [0.25, 0.3) is 5.56 Å². The van der Waals surface area contributed by atoms with E-state index in [1.54, 1.807) is 16.7 Å². The molecule has 0 spiro atoms. The van der Waals surface area contributed by atoms with Crippen molar-refractivity contribution >= 4 is 15.9 Å². The van der Waals surface area contributed by atoms with E-state index in [0.29, 0.717) is 18.5 Å². The largest absolute Gasteiger partial charge is 0.396 e. The van der Waals surface area contributed by atoms with E-state index >= 15 is 0 Å². The highest BCUT2D eigenvalue weighted by atomic mass is 79.9. The Hall–Kier alpha value is -0.650. The SMILES string of the molecule is CC(Cn1cc(Br)ccc1=O)N[C@@H]1CCCC[C@H]1CO. The van der Waals surface area contributed by atoms with Crippen LogP contribution < -0.4 is 10.9 Å². The van der Waals surface area contributed by atoms with Crippen LogP contribution in [0.5, 0.6) is 0 Å². The number of halogens is 1. The number of pyridine rings is 1.